The van der Waals surface area contributed by atoms with E-state index in [9.17, 15) is 0 Å². The van der Waals surface area contributed by atoms with E-state index in [1.807, 2.05) is 18.2 Å². The van der Waals surface area contributed by atoms with E-state index in [0.717, 1.165) is 12.1 Å². The van der Waals surface area contributed by atoms with Gasteiger partial charge in [0, 0.05) is 12.4 Å². The van der Waals surface area contributed by atoms with Gasteiger partial charge in [-0.15, -0.1) is 0 Å². The Balaban J connectivity index is 2.41. The summed E-state index contributed by atoms with van der Waals surface area (Å²) in [5.74, 6) is 0. The summed E-state index contributed by atoms with van der Waals surface area (Å²) in [5, 5.41) is 8.68. The first kappa shape index (κ1) is 9.60. The number of hydrogen-bond acceptors (Lipinski definition) is 3. The average Bonchev–Trinajstić information content (AvgIpc) is 2.79. The van der Waals surface area contributed by atoms with E-state index in [2.05, 4.69) is 23.0 Å². The highest BCUT2D eigenvalue weighted by molar-refractivity contribution is 5.75. The lowest BCUT2D eigenvalue weighted by Crippen LogP contribution is -2.19. The van der Waals surface area contributed by atoms with Crippen molar-refractivity contribution >= 4 is 6.21 Å². The second kappa shape index (κ2) is 3.66. The zero-order valence-electron chi connectivity index (χ0n) is 8.51. The Labute approximate surface area is 88.8 Å². The summed E-state index contributed by atoms with van der Waals surface area (Å²) in [6.45, 7) is 2.08. The lowest BCUT2D eigenvalue weighted by molar-refractivity contribution is 0.537. The van der Waals surface area contributed by atoms with E-state index in [0.29, 0.717) is 5.56 Å². The van der Waals surface area contributed by atoms with E-state index in [1.165, 1.54) is 0 Å². The number of rotatable bonds is 2. The molecular weight excluding hydrogens is 186 g/mol. The molecule has 1 aromatic rings. The van der Waals surface area contributed by atoms with E-state index >= 15 is 0 Å². The molecule has 15 heavy (non-hydrogen) atoms. The molecule has 3 heteroatoms. The molecular formula is C12H11N3. The maximum absolute atomic E-state index is 8.68. The van der Waals surface area contributed by atoms with Gasteiger partial charge in [-0.2, -0.15) is 5.26 Å². The van der Waals surface area contributed by atoms with E-state index in [-0.39, 0.29) is 5.54 Å². The van der Waals surface area contributed by atoms with Crippen molar-refractivity contribution in [3.8, 4) is 6.07 Å². The third-order valence-electron chi connectivity index (χ3n) is 2.64. The minimum atomic E-state index is -0.312. The van der Waals surface area contributed by atoms with Gasteiger partial charge in [-0.05, 0) is 30.7 Å². The molecule has 0 saturated carbocycles. The Bertz CT molecular complexity index is 437. The normalized spacial score (nSPS) is 22.9. The fourth-order valence-electron chi connectivity index (χ4n) is 1.68. The van der Waals surface area contributed by atoms with E-state index in [4.69, 9.17) is 5.26 Å². The highest BCUT2D eigenvalue weighted by atomic mass is 14.9. The van der Waals surface area contributed by atoms with Crippen LogP contribution < -0.4 is 0 Å². The Kier molecular flexibility index (Phi) is 2.34. The predicted molar refractivity (Wildman–Crippen MR) is 58.6 cm³/mol. The van der Waals surface area contributed by atoms with Crippen molar-refractivity contribution in [1.82, 2.24) is 4.98 Å². The zero-order chi connectivity index (χ0) is 10.7. The Hall–Kier alpha value is -1.95. The van der Waals surface area contributed by atoms with Crippen molar-refractivity contribution in [2.45, 2.75) is 18.9 Å². The van der Waals surface area contributed by atoms with Gasteiger partial charge in [-0.3, -0.25) is 9.98 Å². The van der Waals surface area contributed by atoms with Gasteiger partial charge in [0.2, 0.25) is 0 Å². The van der Waals surface area contributed by atoms with Crippen molar-refractivity contribution in [2.24, 2.45) is 4.99 Å². The van der Waals surface area contributed by atoms with Crippen LogP contribution in [-0.4, -0.2) is 11.2 Å². The quantitative estimate of drug-likeness (QED) is 0.729. The van der Waals surface area contributed by atoms with Crippen molar-refractivity contribution in [3.63, 3.8) is 0 Å². The van der Waals surface area contributed by atoms with Crippen molar-refractivity contribution < 1.29 is 0 Å². The monoisotopic (exact) mass is 197 g/mol. The summed E-state index contributed by atoms with van der Waals surface area (Å²) in [4.78, 5) is 8.72. The Morgan fingerprint density at radius 1 is 1.47 bits per heavy atom. The molecule has 2 heterocycles. The summed E-state index contributed by atoms with van der Waals surface area (Å²) >= 11 is 0. The minimum Gasteiger partial charge on any atom is -0.276 e. The lowest BCUT2D eigenvalue weighted by Gasteiger charge is -2.21. The van der Waals surface area contributed by atoms with Crippen LogP contribution in [0.15, 0.2) is 35.5 Å². The summed E-state index contributed by atoms with van der Waals surface area (Å²) in [7, 11) is 0. The summed E-state index contributed by atoms with van der Waals surface area (Å²) in [6.07, 6.45) is 8.24. The molecule has 0 N–H and O–H groups in total. The maximum Gasteiger partial charge on any atom is 0.121 e. The molecule has 0 fully saturated rings. The fraction of sp³-hybridized carbons (Fsp3) is 0.250. The average molecular weight is 197 g/mol. The van der Waals surface area contributed by atoms with Crippen LogP contribution in [-0.2, 0) is 5.54 Å². The zero-order valence-corrected chi connectivity index (χ0v) is 8.51. The van der Waals surface area contributed by atoms with Crippen LogP contribution in [0, 0.1) is 11.3 Å². The van der Waals surface area contributed by atoms with Crippen LogP contribution in [0.3, 0.4) is 0 Å². The van der Waals surface area contributed by atoms with Crippen molar-refractivity contribution in [1.29, 1.82) is 5.26 Å². The van der Waals surface area contributed by atoms with Crippen LogP contribution in [0.25, 0.3) is 0 Å². The van der Waals surface area contributed by atoms with E-state index in [1.54, 1.807) is 18.5 Å². The van der Waals surface area contributed by atoms with Gasteiger partial charge in [-0.25, -0.2) is 0 Å². The number of aromatic nitrogens is 1. The molecule has 1 aliphatic rings. The van der Waals surface area contributed by atoms with Crippen LogP contribution in [0.1, 0.15) is 24.6 Å². The van der Waals surface area contributed by atoms with E-state index < -0.39 is 0 Å². The van der Waals surface area contributed by atoms with Gasteiger partial charge in [0.25, 0.3) is 0 Å². The SMILES string of the molecule is CCC1(c2ccc(C#N)cn2)C=CC=N1. The van der Waals surface area contributed by atoms with Gasteiger partial charge in [0.1, 0.15) is 11.6 Å². The summed E-state index contributed by atoms with van der Waals surface area (Å²) < 4.78 is 0. The Morgan fingerprint density at radius 3 is 2.80 bits per heavy atom. The van der Waals surface area contributed by atoms with Crippen molar-refractivity contribution in [2.75, 3.05) is 0 Å². The number of pyridine rings is 1. The summed E-state index contributed by atoms with van der Waals surface area (Å²) in [5.41, 5.74) is 1.17. The van der Waals surface area contributed by atoms with Gasteiger partial charge in [0.15, 0.2) is 0 Å². The predicted octanol–water partition coefficient (Wildman–Crippen LogP) is 2.20. The smallest absolute Gasteiger partial charge is 0.121 e. The topological polar surface area (TPSA) is 49.0 Å². The third-order valence-corrected chi connectivity index (χ3v) is 2.64. The second-order valence-electron chi connectivity index (χ2n) is 3.46. The molecule has 0 amide bonds. The molecule has 3 nitrogen and oxygen atoms in total. The van der Waals surface area contributed by atoms with Gasteiger partial charge >= 0.3 is 0 Å². The molecule has 74 valence electrons. The van der Waals surface area contributed by atoms with Crippen LogP contribution in [0.4, 0.5) is 0 Å². The molecule has 1 unspecified atom stereocenters. The Morgan fingerprint density at radius 2 is 2.33 bits per heavy atom. The number of aliphatic imine (C=N–C) groups is 1. The molecule has 0 bridgehead atoms. The molecule has 0 radical (unpaired) electrons. The first-order chi connectivity index (χ1) is 7.30. The van der Waals surface area contributed by atoms with Crippen LogP contribution in [0.5, 0.6) is 0 Å². The first-order valence-corrected chi connectivity index (χ1v) is 4.90. The molecule has 0 aliphatic carbocycles. The largest absolute Gasteiger partial charge is 0.276 e. The minimum absolute atomic E-state index is 0.312. The highest BCUT2D eigenvalue weighted by Gasteiger charge is 2.29. The lowest BCUT2D eigenvalue weighted by atomic mass is 9.93. The second-order valence-corrected chi connectivity index (χ2v) is 3.46. The summed E-state index contributed by atoms with van der Waals surface area (Å²) in [6, 6.07) is 5.71. The van der Waals surface area contributed by atoms with Gasteiger partial charge < -0.3 is 0 Å². The molecule has 1 aliphatic heterocycles. The fourth-order valence-corrected chi connectivity index (χ4v) is 1.68. The van der Waals surface area contributed by atoms with Crippen LogP contribution in [0.2, 0.25) is 0 Å². The molecule has 0 spiro atoms. The number of nitriles is 1. The molecule has 0 saturated heterocycles. The molecule has 0 aromatic carbocycles. The maximum atomic E-state index is 8.68. The highest BCUT2D eigenvalue weighted by Crippen LogP contribution is 2.31. The van der Waals surface area contributed by atoms with Gasteiger partial charge in [0.05, 0.1) is 11.3 Å². The first-order valence-electron chi connectivity index (χ1n) is 4.90. The number of nitrogens with zero attached hydrogens (tertiary/aromatic N) is 3. The molecule has 1 atom stereocenters. The third kappa shape index (κ3) is 1.55. The number of hydrogen-bond donors (Lipinski definition) is 0. The molecule has 2 rings (SSSR count). The van der Waals surface area contributed by atoms with Crippen molar-refractivity contribution in [3.05, 3.63) is 41.7 Å². The van der Waals surface area contributed by atoms with Gasteiger partial charge in [-0.1, -0.05) is 6.92 Å². The van der Waals surface area contributed by atoms with Crippen LogP contribution >= 0.6 is 0 Å². The standard InChI is InChI=1S/C12H11N3/c1-2-12(6-3-7-15-12)11-5-4-10(8-13)9-14-11/h3-7,9H,2H2,1H3. The molecule has 1 aromatic heterocycles. The number of allylic oxidation sites excluding steroid dienone is 1.